The van der Waals surface area contributed by atoms with E-state index in [1.807, 2.05) is 0 Å². The van der Waals surface area contributed by atoms with E-state index in [2.05, 4.69) is 55.6 Å². The zero-order valence-electron chi connectivity index (χ0n) is 52.7. The third-order valence-corrected chi connectivity index (χ3v) is 16.4. The molecule has 0 radical (unpaired) electrons. The Labute approximate surface area is 487 Å². The minimum Gasteiger partial charge on any atom is -0.466 e. The standard InChI is InChI=1S/C72H137NO5/c1-3-5-7-9-11-13-14-15-16-17-33-37-40-43-46-50-54-58-62-66-72(77)78-67-63-59-55-51-47-44-41-38-35-32-30-28-26-24-22-20-18-19-21-23-25-27-29-31-34-36-39-42-45-49-53-57-61-65-71(76)73-69(68-74)70(75)64-60-56-52-48-12-10-8-6-4-2/h15-16,22,24,28,30,69-70,74-75H,3-14,17-21,23,25-27,29,31-68H2,1-2H3,(H,73,76)/b16-15-,24-22-,30-28-. The molecule has 0 saturated carbocycles. The summed E-state index contributed by atoms with van der Waals surface area (Å²) in [6.45, 7) is 4.95. The lowest BCUT2D eigenvalue weighted by molar-refractivity contribution is -0.143. The minimum atomic E-state index is -0.661. The van der Waals surface area contributed by atoms with Crippen molar-refractivity contribution in [3.05, 3.63) is 36.5 Å². The number of aliphatic hydroxyl groups excluding tert-OH is 2. The van der Waals surface area contributed by atoms with Crippen LogP contribution in [-0.2, 0) is 14.3 Å². The summed E-state index contributed by atoms with van der Waals surface area (Å²) in [5.74, 6) is -0.0202. The normalized spacial score (nSPS) is 12.7. The molecule has 6 nitrogen and oxygen atoms in total. The Balaban J connectivity index is 3.34. The average molecular weight is 1100 g/mol. The third kappa shape index (κ3) is 63.3. The molecule has 0 saturated heterocycles. The van der Waals surface area contributed by atoms with Crippen molar-refractivity contribution in [3.63, 3.8) is 0 Å². The van der Waals surface area contributed by atoms with Crippen molar-refractivity contribution in [1.82, 2.24) is 5.32 Å². The molecule has 0 aliphatic heterocycles. The number of hydrogen-bond acceptors (Lipinski definition) is 5. The maximum Gasteiger partial charge on any atom is 0.305 e. The molecule has 0 fully saturated rings. The van der Waals surface area contributed by atoms with Crippen molar-refractivity contribution in [2.75, 3.05) is 13.2 Å². The van der Waals surface area contributed by atoms with Gasteiger partial charge in [-0.3, -0.25) is 9.59 Å². The number of aliphatic hydroxyl groups is 2. The quantitative estimate of drug-likeness (QED) is 0.0320. The molecule has 0 aromatic rings. The molecule has 0 rings (SSSR count). The maximum absolute atomic E-state index is 12.4. The van der Waals surface area contributed by atoms with Crippen LogP contribution in [-0.4, -0.2) is 47.4 Å². The molecule has 3 N–H and O–H groups in total. The number of ether oxygens (including phenoxy) is 1. The molecular formula is C72H137NO5. The van der Waals surface area contributed by atoms with Gasteiger partial charge in [0.1, 0.15) is 0 Å². The van der Waals surface area contributed by atoms with E-state index in [4.69, 9.17) is 4.74 Å². The second-order valence-electron chi connectivity index (χ2n) is 24.2. The summed E-state index contributed by atoms with van der Waals surface area (Å²) >= 11 is 0. The number of esters is 1. The summed E-state index contributed by atoms with van der Waals surface area (Å²) in [5.41, 5.74) is 0. The topological polar surface area (TPSA) is 95.9 Å². The first-order chi connectivity index (χ1) is 38.5. The monoisotopic (exact) mass is 1100 g/mol. The molecule has 460 valence electrons. The molecular weight excluding hydrogens is 959 g/mol. The van der Waals surface area contributed by atoms with Crippen LogP contribution < -0.4 is 5.32 Å². The molecule has 1 amide bonds. The zero-order chi connectivity index (χ0) is 56.4. The summed E-state index contributed by atoms with van der Waals surface area (Å²) in [6, 6.07) is -0.538. The highest BCUT2D eigenvalue weighted by atomic mass is 16.5. The lowest BCUT2D eigenvalue weighted by atomic mass is 10.0. The zero-order valence-corrected chi connectivity index (χ0v) is 52.7. The Bertz CT molecular complexity index is 1260. The predicted octanol–water partition coefficient (Wildman–Crippen LogP) is 22.7. The van der Waals surface area contributed by atoms with Crippen LogP contribution in [0.3, 0.4) is 0 Å². The van der Waals surface area contributed by atoms with E-state index in [0.29, 0.717) is 25.9 Å². The number of hydrogen-bond donors (Lipinski definition) is 3. The van der Waals surface area contributed by atoms with Crippen LogP contribution in [0.5, 0.6) is 0 Å². The van der Waals surface area contributed by atoms with E-state index in [1.165, 1.54) is 308 Å². The molecule has 0 bridgehead atoms. The number of carbonyl (C=O) groups excluding carboxylic acids is 2. The Kier molecular flexibility index (Phi) is 65.9. The van der Waals surface area contributed by atoms with Gasteiger partial charge in [-0.05, 0) is 83.5 Å². The SMILES string of the molecule is CCCCCCCC/C=C\CCCCCCCCCCCC(=O)OCCCCCCCCCCC/C=C\C/C=C\CCCCCCCCCCCCCCCCCCCC(=O)NC(CO)C(O)CCCCCCCCCCC. The highest BCUT2D eigenvalue weighted by Gasteiger charge is 2.20. The molecule has 0 aromatic carbocycles. The van der Waals surface area contributed by atoms with Gasteiger partial charge in [0.15, 0.2) is 0 Å². The van der Waals surface area contributed by atoms with Crippen molar-refractivity contribution < 1.29 is 24.5 Å². The van der Waals surface area contributed by atoms with Crippen LogP contribution in [0.1, 0.15) is 386 Å². The summed E-state index contributed by atoms with van der Waals surface area (Å²) in [7, 11) is 0. The molecule has 2 unspecified atom stereocenters. The molecule has 0 aromatic heterocycles. The van der Waals surface area contributed by atoms with Crippen LogP contribution in [0.25, 0.3) is 0 Å². The second-order valence-corrected chi connectivity index (χ2v) is 24.2. The Hall–Kier alpha value is -1.92. The fraction of sp³-hybridized carbons (Fsp3) is 0.889. The molecule has 0 aliphatic rings. The fourth-order valence-electron chi connectivity index (χ4n) is 11.0. The van der Waals surface area contributed by atoms with E-state index >= 15 is 0 Å². The van der Waals surface area contributed by atoms with Gasteiger partial charge in [0.2, 0.25) is 5.91 Å². The van der Waals surface area contributed by atoms with Gasteiger partial charge in [0.05, 0.1) is 25.4 Å². The average Bonchev–Trinajstić information content (AvgIpc) is 3.44. The van der Waals surface area contributed by atoms with Gasteiger partial charge in [0, 0.05) is 12.8 Å². The van der Waals surface area contributed by atoms with Crippen molar-refractivity contribution in [2.24, 2.45) is 0 Å². The Morgan fingerprint density at radius 2 is 0.641 bits per heavy atom. The van der Waals surface area contributed by atoms with Crippen LogP contribution in [0.15, 0.2) is 36.5 Å². The van der Waals surface area contributed by atoms with Crippen molar-refractivity contribution in [3.8, 4) is 0 Å². The Morgan fingerprint density at radius 1 is 0.359 bits per heavy atom. The van der Waals surface area contributed by atoms with Crippen LogP contribution in [0.2, 0.25) is 0 Å². The number of rotatable bonds is 66. The number of nitrogens with one attached hydrogen (secondary N) is 1. The summed E-state index contributed by atoms with van der Waals surface area (Å²) in [4.78, 5) is 24.5. The van der Waals surface area contributed by atoms with E-state index in [1.54, 1.807) is 0 Å². The first kappa shape index (κ1) is 76.1. The predicted molar refractivity (Wildman–Crippen MR) is 343 cm³/mol. The lowest BCUT2D eigenvalue weighted by Gasteiger charge is -2.22. The number of amides is 1. The lowest BCUT2D eigenvalue weighted by Crippen LogP contribution is -2.45. The van der Waals surface area contributed by atoms with Crippen molar-refractivity contribution in [1.29, 1.82) is 0 Å². The maximum atomic E-state index is 12.4. The van der Waals surface area contributed by atoms with E-state index in [9.17, 15) is 19.8 Å². The van der Waals surface area contributed by atoms with Gasteiger partial charge in [-0.1, -0.05) is 326 Å². The van der Waals surface area contributed by atoms with Crippen molar-refractivity contribution in [2.45, 2.75) is 398 Å². The van der Waals surface area contributed by atoms with Crippen molar-refractivity contribution >= 4 is 11.9 Å². The molecule has 6 heteroatoms. The van der Waals surface area contributed by atoms with E-state index in [0.717, 1.165) is 44.9 Å². The van der Waals surface area contributed by atoms with Crippen LogP contribution in [0.4, 0.5) is 0 Å². The number of unbranched alkanes of at least 4 members (excludes halogenated alkanes) is 49. The van der Waals surface area contributed by atoms with Gasteiger partial charge >= 0.3 is 5.97 Å². The van der Waals surface area contributed by atoms with Crippen LogP contribution >= 0.6 is 0 Å². The first-order valence-corrected chi connectivity index (χ1v) is 35.2. The fourth-order valence-corrected chi connectivity index (χ4v) is 11.0. The molecule has 0 aliphatic carbocycles. The first-order valence-electron chi connectivity index (χ1n) is 35.2. The van der Waals surface area contributed by atoms with Crippen LogP contribution in [0, 0.1) is 0 Å². The largest absolute Gasteiger partial charge is 0.466 e. The molecule has 0 heterocycles. The highest BCUT2D eigenvalue weighted by Crippen LogP contribution is 2.18. The van der Waals surface area contributed by atoms with E-state index in [-0.39, 0.29) is 18.5 Å². The molecule has 2 atom stereocenters. The van der Waals surface area contributed by atoms with Gasteiger partial charge in [-0.25, -0.2) is 0 Å². The minimum absolute atomic E-state index is 0.0141. The highest BCUT2D eigenvalue weighted by molar-refractivity contribution is 5.76. The molecule has 0 spiro atoms. The van der Waals surface area contributed by atoms with Gasteiger partial charge < -0.3 is 20.3 Å². The summed E-state index contributed by atoms with van der Waals surface area (Å²) in [5, 5.41) is 23.1. The smallest absolute Gasteiger partial charge is 0.305 e. The van der Waals surface area contributed by atoms with E-state index < -0.39 is 12.1 Å². The number of carbonyl (C=O) groups is 2. The van der Waals surface area contributed by atoms with Gasteiger partial charge in [-0.2, -0.15) is 0 Å². The summed E-state index contributed by atoms with van der Waals surface area (Å²) in [6.07, 6.45) is 86.4. The van der Waals surface area contributed by atoms with Gasteiger partial charge in [-0.15, -0.1) is 0 Å². The second kappa shape index (κ2) is 67.6. The Morgan fingerprint density at radius 3 is 0.987 bits per heavy atom. The number of allylic oxidation sites excluding steroid dienone is 6. The van der Waals surface area contributed by atoms with Gasteiger partial charge in [0.25, 0.3) is 0 Å². The molecule has 78 heavy (non-hydrogen) atoms. The third-order valence-electron chi connectivity index (χ3n) is 16.4. The summed E-state index contributed by atoms with van der Waals surface area (Å²) < 4.78 is 5.51.